The van der Waals surface area contributed by atoms with Gasteiger partial charge in [0.15, 0.2) is 5.16 Å². The standard InChI is InChI=1S/C23H31N5O2S/c1-4-5-13-27-21(30)17-10-6-7-12-19(17)28-22(27)25-26-23(28)31-14-20(29)24-18-11-8-9-15(2)16(18)3/h6-7,10,12,15-16,18H,4-5,8-9,11,13-14H2,1-3H3,(H,24,29). The van der Waals surface area contributed by atoms with Crippen molar-refractivity contribution in [3.05, 3.63) is 34.6 Å². The number of fused-ring (bicyclic) bond motifs is 3. The zero-order valence-corrected chi connectivity index (χ0v) is 19.3. The molecule has 0 radical (unpaired) electrons. The lowest BCUT2D eigenvalue weighted by atomic mass is 9.78. The van der Waals surface area contributed by atoms with Crippen molar-refractivity contribution in [2.24, 2.45) is 11.8 Å². The molecule has 3 aromatic rings. The zero-order valence-electron chi connectivity index (χ0n) is 18.5. The van der Waals surface area contributed by atoms with Gasteiger partial charge in [0.05, 0.1) is 16.7 Å². The molecule has 31 heavy (non-hydrogen) atoms. The quantitative estimate of drug-likeness (QED) is 0.563. The largest absolute Gasteiger partial charge is 0.352 e. The number of hydrogen-bond acceptors (Lipinski definition) is 5. The van der Waals surface area contributed by atoms with E-state index in [9.17, 15) is 9.59 Å². The average Bonchev–Trinajstić information content (AvgIpc) is 3.19. The van der Waals surface area contributed by atoms with Crippen LogP contribution in [0.15, 0.2) is 34.2 Å². The second kappa shape index (κ2) is 9.42. The lowest BCUT2D eigenvalue weighted by Crippen LogP contribution is -2.44. The minimum Gasteiger partial charge on any atom is -0.352 e. The molecule has 0 spiro atoms. The summed E-state index contributed by atoms with van der Waals surface area (Å²) in [5, 5.41) is 13.2. The number of aryl methyl sites for hydroxylation is 1. The molecule has 1 aromatic carbocycles. The summed E-state index contributed by atoms with van der Waals surface area (Å²) < 4.78 is 3.61. The van der Waals surface area contributed by atoms with Crippen molar-refractivity contribution in [3.63, 3.8) is 0 Å². The Kier molecular flexibility index (Phi) is 6.65. The molecule has 1 N–H and O–H groups in total. The predicted octanol–water partition coefficient (Wildman–Crippen LogP) is 3.88. The molecule has 3 atom stereocenters. The Hall–Kier alpha value is -2.35. The van der Waals surface area contributed by atoms with Crippen LogP contribution in [-0.4, -0.2) is 36.9 Å². The monoisotopic (exact) mass is 441 g/mol. The molecule has 1 aliphatic rings. The summed E-state index contributed by atoms with van der Waals surface area (Å²) in [7, 11) is 0. The van der Waals surface area contributed by atoms with Crippen LogP contribution < -0.4 is 10.9 Å². The summed E-state index contributed by atoms with van der Waals surface area (Å²) in [6.07, 6.45) is 5.33. The molecule has 1 aliphatic carbocycles. The van der Waals surface area contributed by atoms with Crippen molar-refractivity contribution in [1.29, 1.82) is 0 Å². The molecule has 1 amide bonds. The molecule has 7 nitrogen and oxygen atoms in total. The fourth-order valence-electron chi connectivity index (χ4n) is 4.51. The van der Waals surface area contributed by atoms with E-state index in [1.807, 2.05) is 28.7 Å². The smallest absolute Gasteiger partial charge is 0.262 e. The first-order valence-electron chi connectivity index (χ1n) is 11.3. The third kappa shape index (κ3) is 4.35. The molecule has 3 unspecified atom stereocenters. The number of nitrogens with zero attached hydrogens (tertiary/aromatic N) is 4. The SMILES string of the molecule is CCCCn1c(=O)c2ccccc2n2c(SCC(=O)NC3CCCC(C)C3C)nnc12. The number of rotatable bonds is 7. The third-order valence-corrected chi connectivity index (χ3v) is 7.53. The van der Waals surface area contributed by atoms with Crippen LogP contribution in [0, 0.1) is 11.8 Å². The van der Waals surface area contributed by atoms with Gasteiger partial charge in [-0.25, -0.2) is 0 Å². The molecule has 8 heteroatoms. The highest BCUT2D eigenvalue weighted by Crippen LogP contribution is 2.29. The van der Waals surface area contributed by atoms with Gasteiger partial charge < -0.3 is 5.32 Å². The van der Waals surface area contributed by atoms with Gasteiger partial charge in [0.1, 0.15) is 0 Å². The second-order valence-corrected chi connectivity index (χ2v) is 9.62. The van der Waals surface area contributed by atoms with E-state index in [2.05, 4.69) is 36.3 Å². The topological polar surface area (TPSA) is 81.3 Å². The van der Waals surface area contributed by atoms with Gasteiger partial charge in [-0.05, 0) is 36.8 Å². The molecule has 0 saturated heterocycles. The lowest BCUT2D eigenvalue weighted by molar-refractivity contribution is -0.120. The van der Waals surface area contributed by atoms with E-state index in [0.717, 1.165) is 24.8 Å². The fraction of sp³-hybridized carbons (Fsp3) is 0.565. The van der Waals surface area contributed by atoms with E-state index >= 15 is 0 Å². The molecule has 2 aromatic heterocycles. The zero-order chi connectivity index (χ0) is 22.0. The van der Waals surface area contributed by atoms with Crippen LogP contribution in [0.1, 0.15) is 52.9 Å². The molecule has 0 aliphatic heterocycles. The first-order valence-corrected chi connectivity index (χ1v) is 12.3. The van der Waals surface area contributed by atoms with Crippen molar-refractivity contribution < 1.29 is 4.79 Å². The summed E-state index contributed by atoms with van der Waals surface area (Å²) >= 11 is 1.37. The molecule has 0 bridgehead atoms. The number of unbranched alkanes of at least 4 members (excludes halogenated alkanes) is 1. The van der Waals surface area contributed by atoms with Gasteiger partial charge in [-0.2, -0.15) is 0 Å². The highest BCUT2D eigenvalue weighted by molar-refractivity contribution is 7.99. The molecular formula is C23H31N5O2S. The van der Waals surface area contributed by atoms with Crippen LogP contribution in [0.5, 0.6) is 0 Å². The first kappa shape index (κ1) is 21.9. The summed E-state index contributed by atoms with van der Waals surface area (Å²) in [6.45, 7) is 7.20. The number of aromatic nitrogens is 4. The number of thioether (sulfide) groups is 1. The van der Waals surface area contributed by atoms with Gasteiger partial charge in [-0.15, -0.1) is 10.2 Å². The minimum atomic E-state index is -0.0429. The highest BCUT2D eigenvalue weighted by atomic mass is 32.2. The van der Waals surface area contributed by atoms with Crippen molar-refractivity contribution in [1.82, 2.24) is 24.5 Å². The number of para-hydroxylation sites is 1. The van der Waals surface area contributed by atoms with Gasteiger partial charge in [-0.1, -0.05) is 63.9 Å². The summed E-state index contributed by atoms with van der Waals surface area (Å²) in [4.78, 5) is 25.7. The second-order valence-electron chi connectivity index (χ2n) is 8.68. The first-order chi connectivity index (χ1) is 15.0. The lowest BCUT2D eigenvalue weighted by Gasteiger charge is -2.34. The Balaban J connectivity index is 1.59. The summed E-state index contributed by atoms with van der Waals surface area (Å²) in [6, 6.07) is 7.77. The van der Waals surface area contributed by atoms with E-state index in [0.29, 0.717) is 34.7 Å². The molecule has 2 heterocycles. The maximum Gasteiger partial charge on any atom is 0.262 e. The Labute approximate surface area is 186 Å². The summed E-state index contributed by atoms with van der Waals surface area (Å²) in [5.74, 6) is 1.97. The van der Waals surface area contributed by atoms with Gasteiger partial charge in [0, 0.05) is 12.6 Å². The average molecular weight is 442 g/mol. The number of amides is 1. The van der Waals surface area contributed by atoms with E-state index in [1.54, 1.807) is 4.57 Å². The molecule has 4 rings (SSSR count). The van der Waals surface area contributed by atoms with Crippen LogP contribution in [0.25, 0.3) is 16.7 Å². The Morgan fingerprint density at radius 1 is 1.23 bits per heavy atom. The van der Waals surface area contributed by atoms with E-state index in [4.69, 9.17) is 0 Å². The third-order valence-electron chi connectivity index (χ3n) is 6.60. The minimum absolute atomic E-state index is 0.0244. The summed E-state index contributed by atoms with van der Waals surface area (Å²) in [5.41, 5.74) is 0.733. The Morgan fingerprint density at radius 2 is 2.03 bits per heavy atom. The molecule has 166 valence electrons. The normalized spacial score (nSPS) is 21.6. The van der Waals surface area contributed by atoms with Crippen LogP contribution in [0.3, 0.4) is 0 Å². The maximum absolute atomic E-state index is 13.0. The van der Waals surface area contributed by atoms with Crippen molar-refractivity contribution in [3.8, 4) is 0 Å². The van der Waals surface area contributed by atoms with Crippen LogP contribution in [0.4, 0.5) is 0 Å². The number of nitrogens with one attached hydrogen (secondary N) is 1. The van der Waals surface area contributed by atoms with Gasteiger partial charge in [0.2, 0.25) is 11.7 Å². The van der Waals surface area contributed by atoms with Gasteiger partial charge in [0.25, 0.3) is 5.56 Å². The van der Waals surface area contributed by atoms with Gasteiger partial charge >= 0.3 is 0 Å². The molecular weight excluding hydrogens is 410 g/mol. The number of hydrogen-bond donors (Lipinski definition) is 1. The van der Waals surface area contributed by atoms with E-state index < -0.39 is 0 Å². The van der Waals surface area contributed by atoms with E-state index in [1.165, 1.54) is 24.6 Å². The predicted molar refractivity (Wildman–Crippen MR) is 124 cm³/mol. The van der Waals surface area contributed by atoms with Crippen molar-refractivity contribution >= 4 is 34.3 Å². The highest BCUT2D eigenvalue weighted by Gasteiger charge is 2.28. The Morgan fingerprint density at radius 3 is 2.84 bits per heavy atom. The molecule has 1 saturated carbocycles. The Bertz CT molecular complexity index is 1140. The molecule has 1 fully saturated rings. The number of carbonyl (C=O) groups is 1. The number of carbonyl (C=O) groups excluding carboxylic acids is 1. The van der Waals surface area contributed by atoms with Crippen LogP contribution >= 0.6 is 11.8 Å². The number of benzene rings is 1. The van der Waals surface area contributed by atoms with Crippen molar-refractivity contribution in [2.45, 2.75) is 70.6 Å². The van der Waals surface area contributed by atoms with Crippen LogP contribution in [0.2, 0.25) is 0 Å². The van der Waals surface area contributed by atoms with Gasteiger partial charge in [-0.3, -0.25) is 18.6 Å². The van der Waals surface area contributed by atoms with Crippen molar-refractivity contribution in [2.75, 3.05) is 5.75 Å². The van der Waals surface area contributed by atoms with Crippen LogP contribution in [-0.2, 0) is 11.3 Å². The van der Waals surface area contributed by atoms with E-state index in [-0.39, 0.29) is 23.3 Å². The maximum atomic E-state index is 13.0. The fourth-order valence-corrected chi connectivity index (χ4v) is 5.26.